The predicted molar refractivity (Wildman–Crippen MR) is 82.5 cm³/mol. The standard InChI is InChI=1S/C11H17N3O2S.C2H2O4/c1-14-5-2-4-9(8-14)10-11(13-17-12-10)16-7-3-6-15;3-1(4)2(5)6/h4,15H,2-3,5-8H2,1H3;(H,3,4)(H,5,6). The van der Waals surface area contributed by atoms with Crippen LogP contribution < -0.4 is 4.74 Å². The molecule has 0 aliphatic carbocycles. The average Bonchev–Trinajstić information content (AvgIpc) is 2.96. The molecule has 0 radical (unpaired) electrons. The van der Waals surface area contributed by atoms with Crippen LogP contribution in [0.3, 0.4) is 0 Å². The maximum Gasteiger partial charge on any atom is 0.414 e. The topological polar surface area (TPSA) is 133 Å². The maximum atomic E-state index is 9.10. The van der Waals surface area contributed by atoms with E-state index in [9.17, 15) is 0 Å². The second-order valence-corrected chi connectivity index (χ2v) is 5.24. The molecule has 9 nitrogen and oxygen atoms in total. The van der Waals surface area contributed by atoms with Gasteiger partial charge in [-0.2, -0.15) is 4.37 Å². The van der Waals surface area contributed by atoms with Crippen molar-refractivity contribution in [3.8, 4) is 5.88 Å². The van der Waals surface area contributed by atoms with Gasteiger partial charge in [0.15, 0.2) is 0 Å². The van der Waals surface area contributed by atoms with Crippen molar-refractivity contribution in [1.29, 1.82) is 0 Å². The fourth-order valence-electron chi connectivity index (χ4n) is 1.77. The zero-order valence-corrected chi connectivity index (χ0v) is 13.5. The molecule has 0 saturated carbocycles. The first-order valence-electron chi connectivity index (χ1n) is 6.86. The Kier molecular flexibility index (Phi) is 8.16. The van der Waals surface area contributed by atoms with E-state index < -0.39 is 11.9 Å². The van der Waals surface area contributed by atoms with Gasteiger partial charge in [-0.3, -0.25) is 0 Å². The monoisotopic (exact) mass is 345 g/mol. The number of nitrogens with zero attached hydrogens (tertiary/aromatic N) is 3. The van der Waals surface area contributed by atoms with Gasteiger partial charge in [0.1, 0.15) is 5.69 Å². The van der Waals surface area contributed by atoms with E-state index in [4.69, 9.17) is 29.6 Å². The predicted octanol–water partition coefficient (Wildman–Crippen LogP) is 0.174. The first kappa shape index (κ1) is 19.0. The molecule has 0 atom stereocenters. The van der Waals surface area contributed by atoms with Crippen molar-refractivity contribution in [2.45, 2.75) is 12.8 Å². The van der Waals surface area contributed by atoms with Crippen molar-refractivity contribution in [1.82, 2.24) is 13.6 Å². The Hall–Kier alpha value is -2.04. The van der Waals surface area contributed by atoms with Gasteiger partial charge in [0, 0.05) is 26.1 Å². The summed E-state index contributed by atoms with van der Waals surface area (Å²) in [4.78, 5) is 20.5. The van der Waals surface area contributed by atoms with Crippen molar-refractivity contribution < 1.29 is 29.6 Å². The molecule has 0 unspecified atom stereocenters. The van der Waals surface area contributed by atoms with Crippen LogP contribution in [-0.2, 0) is 9.59 Å². The highest BCUT2D eigenvalue weighted by Crippen LogP contribution is 2.26. The first-order chi connectivity index (χ1) is 11.0. The first-order valence-corrected chi connectivity index (χ1v) is 7.59. The van der Waals surface area contributed by atoms with E-state index in [1.54, 1.807) is 0 Å². The van der Waals surface area contributed by atoms with Crippen molar-refractivity contribution in [2.24, 2.45) is 0 Å². The van der Waals surface area contributed by atoms with Gasteiger partial charge in [0.2, 0.25) is 0 Å². The van der Waals surface area contributed by atoms with Crippen LogP contribution in [0, 0.1) is 0 Å². The summed E-state index contributed by atoms with van der Waals surface area (Å²) < 4.78 is 14.0. The fraction of sp³-hybridized carbons (Fsp3) is 0.538. The molecule has 1 aliphatic heterocycles. The van der Waals surface area contributed by atoms with Crippen molar-refractivity contribution in [3.63, 3.8) is 0 Å². The summed E-state index contributed by atoms with van der Waals surface area (Å²) in [5.41, 5.74) is 2.05. The van der Waals surface area contributed by atoms with Crippen LogP contribution in [0.2, 0.25) is 0 Å². The summed E-state index contributed by atoms with van der Waals surface area (Å²) in [6.45, 7) is 2.60. The molecule has 1 aromatic rings. The number of ether oxygens (including phenoxy) is 1. The Morgan fingerprint density at radius 3 is 2.61 bits per heavy atom. The van der Waals surface area contributed by atoms with Crippen LogP contribution in [0.5, 0.6) is 5.88 Å². The number of hydrogen-bond donors (Lipinski definition) is 3. The summed E-state index contributed by atoms with van der Waals surface area (Å²) in [6, 6.07) is 0. The largest absolute Gasteiger partial charge is 0.475 e. The molecule has 0 aromatic carbocycles. The van der Waals surface area contributed by atoms with E-state index >= 15 is 0 Å². The third-order valence-electron chi connectivity index (χ3n) is 2.83. The molecule has 23 heavy (non-hydrogen) atoms. The van der Waals surface area contributed by atoms with Gasteiger partial charge >= 0.3 is 11.9 Å². The number of aliphatic hydroxyl groups excluding tert-OH is 1. The third kappa shape index (κ3) is 6.72. The molecule has 0 spiro atoms. The van der Waals surface area contributed by atoms with Crippen molar-refractivity contribution in [2.75, 3.05) is 33.4 Å². The highest BCUT2D eigenvalue weighted by Gasteiger charge is 2.18. The molecule has 0 saturated heterocycles. The van der Waals surface area contributed by atoms with Gasteiger partial charge in [-0.05, 0) is 19.0 Å². The Labute approximate surface area is 137 Å². The molecule has 10 heteroatoms. The minimum Gasteiger partial charge on any atom is -0.475 e. The second kappa shape index (κ2) is 9.87. The molecular formula is C13H19N3O6S. The number of carbonyl (C=O) groups is 2. The van der Waals surface area contributed by atoms with Crippen LogP contribution in [0.4, 0.5) is 0 Å². The van der Waals surface area contributed by atoms with Crippen LogP contribution in [0.25, 0.3) is 5.57 Å². The van der Waals surface area contributed by atoms with Gasteiger partial charge in [-0.1, -0.05) is 6.08 Å². The number of hydrogen-bond acceptors (Lipinski definition) is 8. The Morgan fingerprint density at radius 1 is 1.35 bits per heavy atom. The minimum atomic E-state index is -1.82. The summed E-state index contributed by atoms with van der Waals surface area (Å²) in [6.07, 6.45) is 3.87. The van der Waals surface area contributed by atoms with Gasteiger partial charge in [-0.15, -0.1) is 4.37 Å². The van der Waals surface area contributed by atoms with Crippen molar-refractivity contribution in [3.05, 3.63) is 11.8 Å². The van der Waals surface area contributed by atoms with Crippen molar-refractivity contribution >= 4 is 29.2 Å². The summed E-state index contributed by atoms with van der Waals surface area (Å²) in [5, 5.41) is 23.5. The lowest BCUT2D eigenvalue weighted by atomic mass is 10.1. The van der Waals surface area contributed by atoms with Gasteiger partial charge < -0.3 is 25.0 Å². The number of rotatable bonds is 5. The minimum absolute atomic E-state index is 0.137. The summed E-state index contributed by atoms with van der Waals surface area (Å²) >= 11 is 1.17. The lowest BCUT2D eigenvalue weighted by Crippen LogP contribution is -2.25. The van der Waals surface area contributed by atoms with E-state index in [1.807, 2.05) is 0 Å². The number of aliphatic hydroxyl groups is 1. The number of likely N-dealkylation sites (N-methyl/N-ethyl adjacent to an activating group) is 1. The molecular weight excluding hydrogens is 326 g/mol. The van der Waals surface area contributed by atoms with E-state index in [-0.39, 0.29) is 6.61 Å². The highest BCUT2D eigenvalue weighted by molar-refractivity contribution is 6.99. The quantitative estimate of drug-likeness (QED) is 0.504. The molecule has 0 amide bonds. The van der Waals surface area contributed by atoms with Gasteiger partial charge in [-0.25, -0.2) is 9.59 Å². The molecule has 128 valence electrons. The molecule has 2 rings (SSSR count). The van der Waals surface area contributed by atoms with Crippen LogP contribution >= 0.6 is 11.7 Å². The van der Waals surface area contributed by atoms with Gasteiger partial charge in [0.05, 0.1) is 18.3 Å². The molecule has 1 aromatic heterocycles. The SMILES string of the molecule is CN1CCC=C(c2nsnc2OCCCO)C1.O=C(O)C(=O)O. The number of carboxylic acids is 2. The maximum absolute atomic E-state index is 9.10. The number of carboxylic acid groups (broad SMARTS) is 2. The Bertz CT molecular complexity index is 548. The molecule has 1 aliphatic rings. The van der Waals surface area contributed by atoms with Crippen LogP contribution in [-0.4, -0.2) is 74.3 Å². The number of aliphatic carboxylic acids is 2. The number of aromatic nitrogens is 2. The lowest BCUT2D eigenvalue weighted by molar-refractivity contribution is -0.159. The third-order valence-corrected chi connectivity index (χ3v) is 3.34. The summed E-state index contributed by atoms with van der Waals surface area (Å²) in [7, 11) is 2.10. The zero-order chi connectivity index (χ0) is 17.2. The summed E-state index contributed by atoms with van der Waals surface area (Å²) in [5.74, 6) is -3.05. The lowest BCUT2D eigenvalue weighted by Gasteiger charge is -2.22. The fourth-order valence-corrected chi connectivity index (χ4v) is 2.30. The Morgan fingerprint density at radius 2 is 2.04 bits per heavy atom. The zero-order valence-electron chi connectivity index (χ0n) is 12.6. The van der Waals surface area contributed by atoms with E-state index in [0.29, 0.717) is 18.9 Å². The molecule has 0 fully saturated rings. The smallest absolute Gasteiger partial charge is 0.414 e. The molecule has 3 N–H and O–H groups in total. The normalized spacial score (nSPS) is 14.4. The van der Waals surface area contributed by atoms with Crippen LogP contribution in [0.15, 0.2) is 6.08 Å². The van der Waals surface area contributed by atoms with E-state index in [2.05, 4.69) is 26.8 Å². The highest BCUT2D eigenvalue weighted by atomic mass is 32.1. The molecule has 0 bridgehead atoms. The molecule has 2 heterocycles. The van der Waals surface area contributed by atoms with Gasteiger partial charge in [0.25, 0.3) is 5.88 Å². The van der Waals surface area contributed by atoms with Crippen LogP contribution in [0.1, 0.15) is 18.5 Å². The van der Waals surface area contributed by atoms with E-state index in [1.165, 1.54) is 17.3 Å². The second-order valence-electron chi connectivity index (χ2n) is 4.71. The Balaban J connectivity index is 0.000000379. The van der Waals surface area contributed by atoms with E-state index in [0.717, 1.165) is 25.2 Å². The average molecular weight is 345 g/mol.